The van der Waals surface area contributed by atoms with Crippen LogP contribution in [0, 0.1) is 5.92 Å². The molecule has 1 amide bonds. The summed E-state index contributed by atoms with van der Waals surface area (Å²) in [7, 11) is 0. The number of carbonyl (C=O) groups is 1. The number of hydrogen-bond donors (Lipinski definition) is 2. The normalized spacial score (nSPS) is 15.6. The molecule has 1 aromatic carbocycles. The molecule has 2 heterocycles. The Hall–Kier alpha value is -2.08. The molecule has 1 aromatic heterocycles. The molecule has 0 aliphatic carbocycles. The Morgan fingerprint density at radius 1 is 1.44 bits per heavy atom. The van der Waals surface area contributed by atoms with Gasteiger partial charge in [-0.3, -0.25) is 9.78 Å². The summed E-state index contributed by atoms with van der Waals surface area (Å²) >= 11 is 0. The van der Waals surface area contributed by atoms with E-state index in [1.54, 1.807) is 18.2 Å². The van der Waals surface area contributed by atoms with E-state index in [0.717, 1.165) is 0 Å². The summed E-state index contributed by atoms with van der Waals surface area (Å²) < 4.78 is 9.89. The quantitative estimate of drug-likeness (QED) is 0.851. The van der Waals surface area contributed by atoms with Crippen molar-refractivity contribution in [1.82, 2.24) is 4.98 Å². The van der Waals surface area contributed by atoms with Crippen molar-refractivity contribution in [1.29, 1.82) is 0 Å². The van der Waals surface area contributed by atoms with Gasteiger partial charge in [0.25, 0.3) is 0 Å². The van der Waals surface area contributed by atoms with Gasteiger partial charge in [0.05, 0.1) is 18.7 Å². The average molecular weight is 248 g/mol. The van der Waals surface area contributed by atoms with Crippen molar-refractivity contribution < 1.29 is 13.9 Å². The molecule has 0 saturated carbocycles. The van der Waals surface area contributed by atoms with Crippen molar-refractivity contribution in [3.05, 3.63) is 28.7 Å². The molecule has 18 heavy (non-hydrogen) atoms. The van der Waals surface area contributed by atoms with Crippen molar-refractivity contribution in [3.8, 4) is 0 Å². The first kappa shape index (κ1) is 11.0. The summed E-state index contributed by atoms with van der Waals surface area (Å²) in [5.41, 5.74) is 1.69. The van der Waals surface area contributed by atoms with Crippen LogP contribution >= 0.6 is 0 Å². The van der Waals surface area contributed by atoms with Crippen LogP contribution < -0.4 is 11.1 Å². The number of benzene rings is 1. The molecule has 2 aromatic rings. The highest BCUT2D eigenvalue weighted by atomic mass is 16.5. The summed E-state index contributed by atoms with van der Waals surface area (Å²) in [4.78, 5) is 25.2. The molecule has 0 atom stereocenters. The second-order valence-electron chi connectivity index (χ2n) is 4.38. The van der Waals surface area contributed by atoms with Gasteiger partial charge < -0.3 is 14.5 Å². The molecule has 1 aliphatic rings. The fraction of sp³-hybridized carbons (Fsp3) is 0.333. The van der Waals surface area contributed by atoms with E-state index in [4.69, 9.17) is 9.15 Å². The molecule has 1 fully saturated rings. The lowest BCUT2D eigenvalue weighted by molar-refractivity contribution is -0.121. The SMILES string of the molecule is O=C(CC1COC1)Nc1ccc2oc(=O)[nH]c2c1. The van der Waals surface area contributed by atoms with Crippen LogP contribution in [0.25, 0.3) is 11.1 Å². The summed E-state index contributed by atoms with van der Waals surface area (Å²) in [6.07, 6.45) is 0.458. The van der Waals surface area contributed by atoms with Gasteiger partial charge in [0.1, 0.15) is 0 Å². The third kappa shape index (κ3) is 2.14. The predicted molar refractivity (Wildman–Crippen MR) is 64.4 cm³/mol. The zero-order chi connectivity index (χ0) is 12.5. The van der Waals surface area contributed by atoms with E-state index in [1.807, 2.05) is 0 Å². The summed E-state index contributed by atoms with van der Waals surface area (Å²) in [5, 5.41) is 2.78. The second kappa shape index (κ2) is 4.30. The zero-order valence-electron chi connectivity index (χ0n) is 9.56. The molecule has 0 spiro atoms. The van der Waals surface area contributed by atoms with Crippen molar-refractivity contribution in [3.63, 3.8) is 0 Å². The molecule has 2 N–H and O–H groups in total. The van der Waals surface area contributed by atoms with Gasteiger partial charge in [-0.05, 0) is 18.2 Å². The smallest absolute Gasteiger partial charge is 0.408 e. The molecule has 3 rings (SSSR count). The first-order valence-electron chi connectivity index (χ1n) is 5.71. The molecule has 1 aliphatic heterocycles. The molecule has 0 radical (unpaired) electrons. The number of amides is 1. The molecular formula is C12H12N2O4. The average Bonchev–Trinajstić information content (AvgIpc) is 2.63. The van der Waals surface area contributed by atoms with E-state index < -0.39 is 5.76 Å². The topological polar surface area (TPSA) is 84.3 Å². The van der Waals surface area contributed by atoms with E-state index in [2.05, 4.69) is 10.3 Å². The lowest BCUT2D eigenvalue weighted by Crippen LogP contribution is -2.31. The van der Waals surface area contributed by atoms with Crippen LogP contribution in [0.15, 0.2) is 27.4 Å². The first-order chi connectivity index (χ1) is 8.70. The fourth-order valence-corrected chi connectivity index (χ4v) is 1.91. The minimum Gasteiger partial charge on any atom is -0.408 e. The van der Waals surface area contributed by atoms with Crippen molar-refractivity contribution >= 4 is 22.7 Å². The van der Waals surface area contributed by atoms with Gasteiger partial charge in [0.2, 0.25) is 5.91 Å². The molecule has 6 nitrogen and oxygen atoms in total. The predicted octanol–water partition coefficient (Wildman–Crippen LogP) is 1.10. The highest BCUT2D eigenvalue weighted by Crippen LogP contribution is 2.18. The number of H-pyrrole nitrogens is 1. The maximum absolute atomic E-state index is 11.7. The van der Waals surface area contributed by atoms with E-state index in [-0.39, 0.29) is 5.91 Å². The summed E-state index contributed by atoms with van der Waals surface area (Å²) in [6.45, 7) is 1.31. The van der Waals surface area contributed by atoms with Crippen molar-refractivity contribution in [2.45, 2.75) is 6.42 Å². The number of rotatable bonds is 3. The number of nitrogens with one attached hydrogen (secondary N) is 2. The highest BCUT2D eigenvalue weighted by Gasteiger charge is 2.21. The second-order valence-corrected chi connectivity index (χ2v) is 4.38. The molecule has 0 bridgehead atoms. The van der Waals surface area contributed by atoms with Crippen LogP contribution in [0.2, 0.25) is 0 Å². The number of oxazole rings is 1. The van der Waals surface area contributed by atoms with Gasteiger partial charge in [-0.2, -0.15) is 0 Å². The summed E-state index contributed by atoms with van der Waals surface area (Å²) in [5.74, 6) is -0.226. The Morgan fingerprint density at radius 3 is 3.00 bits per heavy atom. The van der Waals surface area contributed by atoms with Crippen LogP contribution in [0.5, 0.6) is 0 Å². The van der Waals surface area contributed by atoms with Gasteiger partial charge in [-0.25, -0.2) is 4.79 Å². The first-order valence-corrected chi connectivity index (χ1v) is 5.71. The minimum atomic E-state index is -0.500. The van der Waals surface area contributed by atoms with E-state index in [9.17, 15) is 9.59 Å². The highest BCUT2D eigenvalue weighted by molar-refractivity contribution is 5.92. The standard InChI is InChI=1S/C12H12N2O4/c15-11(3-7-5-17-6-7)13-8-1-2-10-9(4-8)14-12(16)18-10/h1-2,4,7H,3,5-6H2,(H,13,15)(H,14,16). The molecule has 1 saturated heterocycles. The maximum Gasteiger partial charge on any atom is 0.417 e. The van der Waals surface area contributed by atoms with Crippen LogP contribution in [0.1, 0.15) is 6.42 Å². The number of hydrogen-bond acceptors (Lipinski definition) is 4. The van der Waals surface area contributed by atoms with E-state index in [1.165, 1.54) is 0 Å². The Bertz CT molecular complexity index is 639. The molecule has 0 unspecified atom stereocenters. The van der Waals surface area contributed by atoms with Gasteiger partial charge in [-0.1, -0.05) is 0 Å². The van der Waals surface area contributed by atoms with Gasteiger partial charge in [-0.15, -0.1) is 0 Å². The lowest BCUT2D eigenvalue weighted by atomic mass is 10.0. The summed E-state index contributed by atoms with van der Waals surface area (Å²) in [6, 6.07) is 5.03. The van der Waals surface area contributed by atoms with Crippen LogP contribution in [0.4, 0.5) is 5.69 Å². The third-order valence-corrected chi connectivity index (χ3v) is 2.88. The van der Waals surface area contributed by atoms with E-state index in [0.29, 0.717) is 42.3 Å². The van der Waals surface area contributed by atoms with E-state index >= 15 is 0 Å². The van der Waals surface area contributed by atoms with Crippen molar-refractivity contribution in [2.24, 2.45) is 5.92 Å². The Labute approximate surface area is 102 Å². The number of aromatic nitrogens is 1. The van der Waals surface area contributed by atoms with Gasteiger partial charge in [0.15, 0.2) is 5.58 Å². The fourth-order valence-electron chi connectivity index (χ4n) is 1.91. The number of ether oxygens (including phenoxy) is 1. The monoisotopic (exact) mass is 248 g/mol. The number of carbonyl (C=O) groups excluding carboxylic acids is 1. The van der Waals surface area contributed by atoms with Crippen molar-refractivity contribution in [2.75, 3.05) is 18.5 Å². The van der Waals surface area contributed by atoms with Crippen LogP contribution in [-0.2, 0) is 9.53 Å². The number of fused-ring (bicyclic) bond motifs is 1. The third-order valence-electron chi connectivity index (χ3n) is 2.88. The largest absolute Gasteiger partial charge is 0.417 e. The lowest BCUT2D eigenvalue weighted by Gasteiger charge is -2.25. The number of anilines is 1. The molecule has 6 heteroatoms. The van der Waals surface area contributed by atoms with Crippen LogP contribution in [-0.4, -0.2) is 24.1 Å². The zero-order valence-corrected chi connectivity index (χ0v) is 9.56. The Morgan fingerprint density at radius 2 is 2.28 bits per heavy atom. The maximum atomic E-state index is 11.7. The van der Waals surface area contributed by atoms with Crippen LogP contribution in [0.3, 0.4) is 0 Å². The molecular weight excluding hydrogens is 236 g/mol. The Kier molecular flexibility index (Phi) is 2.64. The number of aromatic amines is 1. The Balaban J connectivity index is 1.73. The minimum absolute atomic E-state index is 0.0477. The van der Waals surface area contributed by atoms with Gasteiger partial charge >= 0.3 is 5.76 Å². The molecule has 94 valence electrons. The van der Waals surface area contributed by atoms with Gasteiger partial charge in [0, 0.05) is 18.0 Å².